The lowest BCUT2D eigenvalue weighted by molar-refractivity contribution is -0.144. The summed E-state index contributed by atoms with van der Waals surface area (Å²) in [5.41, 5.74) is -0.588. The van der Waals surface area contributed by atoms with Crippen molar-refractivity contribution in [1.82, 2.24) is 9.78 Å². The highest BCUT2D eigenvalue weighted by molar-refractivity contribution is 5.19. The summed E-state index contributed by atoms with van der Waals surface area (Å²) < 4.78 is 37.6. The fourth-order valence-corrected chi connectivity index (χ4v) is 1.03. The molecular formula is C7H8F3N2. The molecule has 0 aromatic carbocycles. The molecule has 1 rings (SSSR count). The molecule has 67 valence electrons. The van der Waals surface area contributed by atoms with E-state index in [1.807, 2.05) is 0 Å². The van der Waals surface area contributed by atoms with Gasteiger partial charge in [0.1, 0.15) is 11.9 Å². The lowest BCUT2D eigenvalue weighted by atomic mass is 10.2. The molecule has 0 bridgehead atoms. The van der Waals surface area contributed by atoms with Crippen LogP contribution in [-0.2, 0) is 19.6 Å². The van der Waals surface area contributed by atoms with Crippen LogP contribution in [0.15, 0.2) is 0 Å². The van der Waals surface area contributed by atoms with Gasteiger partial charge >= 0.3 is 6.18 Å². The molecule has 1 radical (unpaired) electrons. The van der Waals surface area contributed by atoms with Crippen LogP contribution in [0.3, 0.4) is 0 Å². The van der Waals surface area contributed by atoms with Crippen LogP contribution in [0.1, 0.15) is 18.2 Å². The molecule has 0 aliphatic heterocycles. The highest BCUT2D eigenvalue weighted by atomic mass is 19.4. The summed E-state index contributed by atoms with van der Waals surface area (Å²) in [6.45, 7) is 1.64. The van der Waals surface area contributed by atoms with Gasteiger partial charge in [-0.2, -0.15) is 18.3 Å². The first-order valence-electron chi connectivity index (χ1n) is 3.47. The molecule has 0 saturated carbocycles. The van der Waals surface area contributed by atoms with Crippen LogP contribution in [0.4, 0.5) is 13.2 Å². The summed E-state index contributed by atoms with van der Waals surface area (Å²) in [6.07, 6.45) is -1.71. The molecule has 0 fully saturated rings. The van der Waals surface area contributed by atoms with Crippen LogP contribution < -0.4 is 0 Å². The Morgan fingerprint density at radius 1 is 1.50 bits per heavy atom. The van der Waals surface area contributed by atoms with Gasteiger partial charge in [-0.05, 0) is 6.42 Å². The first-order chi connectivity index (χ1) is 5.46. The van der Waals surface area contributed by atoms with Gasteiger partial charge in [0.25, 0.3) is 0 Å². The Labute approximate surface area is 68.0 Å². The lowest BCUT2D eigenvalue weighted by Crippen LogP contribution is -2.13. The molecule has 0 amide bonds. The van der Waals surface area contributed by atoms with Crippen molar-refractivity contribution in [2.45, 2.75) is 19.5 Å². The van der Waals surface area contributed by atoms with Crippen molar-refractivity contribution in [3.05, 3.63) is 17.5 Å². The number of halogens is 3. The van der Waals surface area contributed by atoms with E-state index in [4.69, 9.17) is 0 Å². The molecule has 0 N–H and O–H groups in total. The van der Waals surface area contributed by atoms with Crippen molar-refractivity contribution in [1.29, 1.82) is 0 Å². The van der Waals surface area contributed by atoms with Gasteiger partial charge in [-0.1, -0.05) is 6.92 Å². The Hall–Kier alpha value is -1.00. The normalized spacial score (nSPS) is 12.1. The molecule has 0 aliphatic carbocycles. The molecule has 0 spiro atoms. The summed E-state index contributed by atoms with van der Waals surface area (Å²) in [4.78, 5) is 0. The maximum Gasteiger partial charge on any atom is 0.433 e. The van der Waals surface area contributed by atoms with Crippen LogP contribution in [0.25, 0.3) is 0 Å². The van der Waals surface area contributed by atoms with E-state index in [1.54, 1.807) is 6.92 Å². The monoisotopic (exact) mass is 177 g/mol. The van der Waals surface area contributed by atoms with Gasteiger partial charge in [0, 0.05) is 12.6 Å². The fourth-order valence-electron chi connectivity index (χ4n) is 1.03. The lowest BCUT2D eigenvalue weighted by Gasteiger charge is -2.07. The molecule has 1 heterocycles. The maximum absolute atomic E-state index is 12.2. The van der Waals surface area contributed by atoms with Crippen LogP contribution in [0.2, 0.25) is 0 Å². The van der Waals surface area contributed by atoms with Gasteiger partial charge < -0.3 is 0 Å². The summed E-state index contributed by atoms with van der Waals surface area (Å²) in [5, 5.41) is 3.43. The largest absolute Gasteiger partial charge is 0.433 e. The molecule has 1 aromatic heterocycles. The Bertz CT molecular complexity index is 275. The third-order valence-electron chi connectivity index (χ3n) is 1.57. The third-order valence-corrected chi connectivity index (χ3v) is 1.57. The molecule has 0 unspecified atom stereocenters. The number of hydrogen-bond donors (Lipinski definition) is 0. The number of aryl methyl sites for hydroxylation is 2. The smallest absolute Gasteiger partial charge is 0.263 e. The van der Waals surface area contributed by atoms with Gasteiger partial charge in [0.15, 0.2) is 0 Å². The first-order valence-corrected chi connectivity index (χ1v) is 3.47. The van der Waals surface area contributed by atoms with Crippen LogP contribution in [0, 0.1) is 6.20 Å². The van der Waals surface area contributed by atoms with E-state index in [0.29, 0.717) is 6.42 Å². The molecule has 1 aromatic rings. The Balaban J connectivity index is 3.19. The molecular weight excluding hydrogens is 169 g/mol. The SMILES string of the molecule is CCc1[c]nn(C)c1C(F)(F)F. The Morgan fingerprint density at radius 3 is 2.42 bits per heavy atom. The van der Waals surface area contributed by atoms with E-state index < -0.39 is 11.9 Å². The van der Waals surface area contributed by atoms with Crippen LogP contribution >= 0.6 is 0 Å². The van der Waals surface area contributed by atoms with Gasteiger partial charge in [0.2, 0.25) is 0 Å². The second kappa shape index (κ2) is 2.80. The first kappa shape index (κ1) is 9.09. The van der Waals surface area contributed by atoms with Crippen LogP contribution in [-0.4, -0.2) is 9.78 Å². The van der Waals surface area contributed by atoms with Gasteiger partial charge in [-0.3, -0.25) is 4.68 Å². The number of rotatable bonds is 1. The summed E-state index contributed by atoms with van der Waals surface area (Å²) in [6, 6.07) is 0. The second-order valence-electron chi connectivity index (χ2n) is 2.41. The minimum absolute atomic E-state index is 0.116. The van der Waals surface area contributed by atoms with E-state index in [2.05, 4.69) is 11.3 Å². The number of alkyl halides is 3. The number of nitrogens with zero attached hydrogens (tertiary/aromatic N) is 2. The van der Waals surface area contributed by atoms with Crippen LogP contribution in [0.5, 0.6) is 0 Å². The topological polar surface area (TPSA) is 17.8 Å². The van der Waals surface area contributed by atoms with Gasteiger partial charge in [0.05, 0.1) is 0 Å². The van der Waals surface area contributed by atoms with Crippen molar-refractivity contribution >= 4 is 0 Å². The average Bonchev–Trinajstić information content (AvgIpc) is 2.29. The molecule has 12 heavy (non-hydrogen) atoms. The maximum atomic E-state index is 12.2. The highest BCUT2D eigenvalue weighted by Gasteiger charge is 2.36. The van der Waals surface area contributed by atoms with E-state index >= 15 is 0 Å². The van der Waals surface area contributed by atoms with Gasteiger partial charge in [-0.25, -0.2) is 0 Å². The molecule has 2 nitrogen and oxygen atoms in total. The zero-order valence-electron chi connectivity index (χ0n) is 6.74. The summed E-state index contributed by atoms with van der Waals surface area (Å²) in [7, 11) is 1.26. The van der Waals surface area contributed by atoms with E-state index in [1.165, 1.54) is 7.05 Å². The Morgan fingerprint density at radius 2 is 2.08 bits per heavy atom. The number of aromatic nitrogens is 2. The van der Waals surface area contributed by atoms with Gasteiger partial charge in [-0.15, -0.1) is 0 Å². The second-order valence-corrected chi connectivity index (χ2v) is 2.41. The highest BCUT2D eigenvalue weighted by Crippen LogP contribution is 2.31. The van der Waals surface area contributed by atoms with E-state index in [-0.39, 0.29) is 5.56 Å². The van der Waals surface area contributed by atoms with Crippen molar-refractivity contribution in [2.24, 2.45) is 7.05 Å². The molecule has 0 atom stereocenters. The minimum Gasteiger partial charge on any atom is -0.263 e. The molecule has 0 saturated heterocycles. The fraction of sp³-hybridized carbons (Fsp3) is 0.571. The van der Waals surface area contributed by atoms with E-state index in [0.717, 1.165) is 4.68 Å². The number of hydrogen-bond acceptors (Lipinski definition) is 1. The average molecular weight is 177 g/mol. The minimum atomic E-state index is -4.33. The van der Waals surface area contributed by atoms with Crippen molar-refractivity contribution < 1.29 is 13.2 Å². The van der Waals surface area contributed by atoms with Crippen molar-refractivity contribution in [3.63, 3.8) is 0 Å². The van der Waals surface area contributed by atoms with Crippen molar-refractivity contribution in [2.75, 3.05) is 0 Å². The van der Waals surface area contributed by atoms with Crippen molar-refractivity contribution in [3.8, 4) is 0 Å². The predicted molar refractivity (Wildman–Crippen MR) is 36.4 cm³/mol. The zero-order valence-corrected chi connectivity index (χ0v) is 6.74. The molecule has 5 heteroatoms. The predicted octanol–water partition coefficient (Wildman–Crippen LogP) is 1.80. The zero-order chi connectivity index (χ0) is 9.35. The summed E-state index contributed by atoms with van der Waals surface area (Å²) >= 11 is 0. The Kier molecular flexibility index (Phi) is 2.12. The quantitative estimate of drug-likeness (QED) is 0.639. The van der Waals surface area contributed by atoms with E-state index in [9.17, 15) is 13.2 Å². The molecule has 0 aliphatic rings. The summed E-state index contributed by atoms with van der Waals surface area (Å²) in [5.74, 6) is 0. The third kappa shape index (κ3) is 1.44. The standard InChI is InChI=1S/C7H8F3N2/c1-3-5-4-11-12(2)6(5)7(8,9)10/h3H2,1-2H3.